The maximum absolute atomic E-state index is 12.5. The number of β-amino-alcohol motifs (C(OH)–C–C–N with tert-alkyl or cyclic N) is 1. The zero-order valence-electron chi connectivity index (χ0n) is 11.8. The number of nitrogens with zero attached hydrogens (tertiary/aromatic N) is 2. The van der Waals surface area contributed by atoms with Crippen molar-refractivity contribution in [3.05, 3.63) is 0 Å². The highest BCUT2D eigenvalue weighted by molar-refractivity contribution is 5.81. The van der Waals surface area contributed by atoms with Crippen molar-refractivity contribution in [2.24, 2.45) is 11.8 Å². The topological polar surface area (TPSA) is 81.1 Å². The van der Waals surface area contributed by atoms with Crippen molar-refractivity contribution in [2.45, 2.75) is 25.7 Å². The number of hydrogen-bond donors (Lipinski definition) is 2. The second-order valence-corrected chi connectivity index (χ2v) is 5.79. The number of carboxylic acid groups (broad SMARTS) is 1. The lowest BCUT2D eigenvalue weighted by Crippen LogP contribution is -2.38. The molecule has 2 N–H and O–H groups in total. The number of carbonyl (C=O) groups is 2. The molecule has 1 saturated heterocycles. The first kappa shape index (κ1) is 15.3. The molecular weight excluding hydrogens is 260 g/mol. The number of amides is 1. The van der Waals surface area contributed by atoms with Crippen LogP contribution in [0.15, 0.2) is 0 Å². The summed E-state index contributed by atoms with van der Waals surface area (Å²) in [6.45, 7) is 3.94. The summed E-state index contributed by atoms with van der Waals surface area (Å²) in [7, 11) is 0. The summed E-state index contributed by atoms with van der Waals surface area (Å²) < 4.78 is 0. The Hall–Kier alpha value is -1.14. The SMILES string of the molecule is O=C(O)C1CCC(C(=O)N2CCCN(CCO)CC2)C1. The number of carboxylic acids is 1. The second-order valence-electron chi connectivity index (χ2n) is 5.79. The van der Waals surface area contributed by atoms with E-state index in [1.54, 1.807) is 0 Å². The Morgan fingerprint density at radius 2 is 1.80 bits per heavy atom. The molecule has 20 heavy (non-hydrogen) atoms. The van der Waals surface area contributed by atoms with Gasteiger partial charge in [0.05, 0.1) is 12.5 Å². The molecule has 6 heteroatoms. The van der Waals surface area contributed by atoms with Crippen molar-refractivity contribution in [2.75, 3.05) is 39.3 Å². The van der Waals surface area contributed by atoms with Gasteiger partial charge in [0, 0.05) is 32.1 Å². The van der Waals surface area contributed by atoms with Crippen LogP contribution in [0.3, 0.4) is 0 Å². The number of aliphatic hydroxyl groups is 1. The van der Waals surface area contributed by atoms with E-state index >= 15 is 0 Å². The molecular formula is C14H24N2O4. The molecule has 0 radical (unpaired) electrons. The van der Waals surface area contributed by atoms with Gasteiger partial charge in [-0.1, -0.05) is 0 Å². The molecule has 2 aliphatic rings. The summed E-state index contributed by atoms with van der Waals surface area (Å²) in [6, 6.07) is 0. The van der Waals surface area contributed by atoms with Gasteiger partial charge in [-0.15, -0.1) is 0 Å². The summed E-state index contributed by atoms with van der Waals surface area (Å²) in [4.78, 5) is 27.5. The van der Waals surface area contributed by atoms with Gasteiger partial charge in [-0.05, 0) is 32.2 Å². The zero-order chi connectivity index (χ0) is 14.5. The minimum absolute atomic E-state index is 0.111. The lowest BCUT2D eigenvalue weighted by Gasteiger charge is -2.24. The third-order valence-electron chi connectivity index (χ3n) is 4.45. The van der Waals surface area contributed by atoms with Gasteiger partial charge < -0.3 is 15.1 Å². The Labute approximate surface area is 119 Å². The van der Waals surface area contributed by atoms with Gasteiger partial charge in [0.25, 0.3) is 0 Å². The van der Waals surface area contributed by atoms with E-state index in [2.05, 4.69) is 4.90 Å². The van der Waals surface area contributed by atoms with Crippen molar-refractivity contribution in [1.82, 2.24) is 9.80 Å². The highest BCUT2D eigenvalue weighted by Crippen LogP contribution is 2.32. The van der Waals surface area contributed by atoms with E-state index in [-0.39, 0.29) is 24.3 Å². The third kappa shape index (κ3) is 3.70. The second kappa shape index (κ2) is 7.04. The summed E-state index contributed by atoms with van der Waals surface area (Å²) in [5.41, 5.74) is 0. The van der Waals surface area contributed by atoms with Crippen LogP contribution in [0.2, 0.25) is 0 Å². The largest absolute Gasteiger partial charge is 0.481 e. The monoisotopic (exact) mass is 284 g/mol. The maximum Gasteiger partial charge on any atom is 0.306 e. The van der Waals surface area contributed by atoms with Crippen LogP contribution in [0.5, 0.6) is 0 Å². The molecule has 1 amide bonds. The fourth-order valence-electron chi connectivity index (χ4n) is 3.24. The van der Waals surface area contributed by atoms with Gasteiger partial charge in [-0.3, -0.25) is 14.5 Å². The molecule has 0 spiro atoms. The smallest absolute Gasteiger partial charge is 0.306 e. The number of aliphatic hydroxyl groups excluding tert-OH is 1. The van der Waals surface area contributed by atoms with Gasteiger partial charge in [0.15, 0.2) is 0 Å². The van der Waals surface area contributed by atoms with E-state index in [0.717, 1.165) is 26.1 Å². The molecule has 2 rings (SSSR count). The van der Waals surface area contributed by atoms with Crippen molar-refractivity contribution in [3.63, 3.8) is 0 Å². The van der Waals surface area contributed by atoms with Crippen LogP contribution in [0.1, 0.15) is 25.7 Å². The molecule has 2 fully saturated rings. The number of carbonyl (C=O) groups excluding carboxylic acids is 1. The minimum Gasteiger partial charge on any atom is -0.481 e. The standard InChI is InChI=1S/C14H24N2O4/c17-9-8-15-4-1-5-16(7-6-15)13(18)11-2-3-12(10-11)14(19)20/h11-12,17H,1-10H2,(H,19,20). The fourth-order valence-corrected chi connectivity index (χ4v) is 3.24. The summed E-state index contributed by atoms with van der Waals surface area (Å²) >= 11 is 0. The molecule has 114 valence electrons. The van der Waals surface area contributed by atoms with E-state index in [1.165, 1.54) is 0 Å². The fraction of sp³-hybridized carbons (Fsp3) is 0.857. The lowest BCUT2D eigenvalue weighted by atomic mass is 10.0. The van der Waals surface area contributed by atoms with E-state index in [1.807, 2.05) is 4.90 Å². The van der Waals surface area contributed by atoms with Crippen LogP contribution in [0.25, 0.3) is 0 Å². The molecule has 1 heterocycles. The summed E-state index contributed by atoms with van der Waals surface area (Å²) in [5.74, 6) is -1.10. The number of rotatable bonds is 4. The molecule has 1 aliphatic heterocycles. The van der Waals surface area contributed by atoms with Crippen LogP contribution in [-0.4, -0.2) is 71.2 Å². The molecule has 0 aromatic rings. The molecule has 1 saturated carbocycles. The van der Waals surface area contributed by atoms with Gasteiger partial charge in [-0.2, -0.15) is 0 Å². The maximum atomic E-state index is 12.5. The molecule has 2 atom stereocenters. The molecule has 0 bridgehead atoms. The highest BCUT2D eigenvalue weighted by Gasteiger charge is 2.36. The molecule has 6 nitrogen and oxygen atoms in total. The quantitative estimate of drug-likeness (QED) is 0.760. The first-order valence-corrected chi connectivity index (χ1v) is 7.46. The van der Waals surface area contributed by atoms with E-state index in [0.29, 0.717) is 32.4 Å². The zero-order valence-corrected chi connectivity index (χ0v) is 11.8. The van der Waals surface area contributed by atoms with Crippen molar-refractivity contribution >= 4 is 11.9 Å². The lowest BCUT2D eigenvalue weighted by molar-refractivity contribution is -0.141. The first-order chi connectivity index (χ1) is 9.61. The average molecular weight is 284 g/mol. The molecule has 1 aliphatic carbocycles. The van der Waals surface area contributed by atoms with Crippen molar-refractivity contribution in [1.29, 1.82) is 0 Å². The van der Waals surface area contributed by atoms with E-state index in [4.69, 9.17) is 10.2 Å². The third-order valence-corrected chi connectivity index (χ3v) is 4.45. The average Bonchev–Trinajstić information content (AvgIpc) is 2.80. The normalized spacial score (nSPS) is 28.4. The van der Waals surface area contributed by atoms with Crippen LogP contribution in [-0.2, 0) is 9.59 Å². The Morgan fingerprint density at radius 3 is 2.45 bits per heavy atom. The van der Waals surface area contributed by atoms with Crippen LogP contribution >= 0.6 is 0 Å². The molecule has 2 unspecified atom stereocenters. The Kier molecular flexibility index (Phi) is 5.37. The Morgan fingerprint density at radius 1 is 1.05 bits per heavy atom. The van der Waals surface area contributed by atoms with Gasteiger partial charge in [0.2, 0.25) is 5.91 Å². The highest BCUT2D eigenvalue weighted by atomic mass is 16.4. The Bertz CT molecular complexity index is 361. The summed E-state index contributed by atoms with van der Waals surface area (Å²) in [6.07, 6.45) is 2.73. The van der Waals surface area contributed by atoms with Crippen molar-refractivity contribution in [3.8, 4) is 0 Å². The number of aliphatic carboxylic acids is 1. The van der Waals surface area contributed by atoms with E-state index < -0.39 is 5.97 Å². The predicted octanol–water partition coefficient (Wildman–Crippen LogP) is 0.0139. The molecule has 0 aromatic carbocycles. The molecule has 0 aromatic heterocycles. The van der Waals surface area contributed by atoms with E-state index in [9.17, 15) is 9.59 Å². The van der Waals surface area contributed by atoms with Crippen LogP contribution in [0.4, 0.5) is 0 Å². The Balaban J connectivity index is 1.85. The first-order valence-electron chi connectivity index (χ1n) is 7.46. The van der Waals surface area contributed by atoms with Gasteiger partial charge in [0.1, 0.15) is 0 Å². The van der Waals surface area contributed by atoms with Gasteiger partial charge >= 0.3 is 5.97 Å². The van der Waals surface area contributed by atoms with Crippen LogP contribution < -0.4 is 0 Å². The summed E-state index contributed by atoms with van der Waals surface area (Å²) in [5, 5.41) is 18.0. The van der Waals surface area contributed by atoms with Gasteiger partial charge in [-0.25, -0.2) is 0 Å². The van der Waals surface area contributed by atoms with Crippen molar-refractivity contribution < 1.29 is 19.8 Å². The van der Waals surface area contributed by atoms with Crippen LogP contribution in [0, 0.1) is 11.8 Å². The predicted molar refractivity (Wildman–Crippen MR) is 73.2 cm³/mol. The minimum atomic E-state index is -0.773. The number of hydrogen-bond acceptors (Lipinski definition) is 4.